The molecule has 3 saturated heterocycles. The van der Waals surface area contributed by atoms with Gasteiger partial charge in [0.2, 0.25) is 29.4 Å². The molecule has 0 unspecified atom stereocenters. The van der Waals surface area contributed by atoms with Gasteiger partial charge in [0.05, 0.1) is 0 Å². The number of aryl methyl sites for hydroxylation is 1. The fourth-order valence-corrected chi connectivity index (χ4v) is 7.03. The summed E-state index contributed by atoms with van der Waals surface area (Å²) in [6, 6.07) is 3.94. The second-order valence-corrected chi connectivity index (χ2v) is 13.1. The third-order valence-corrected chi connectivity index (χ3v) is 9.36. The van der Waals surface area contributed by atoms with E-state index in [2.05, 4.69) is 46.1 Å². The highest BCUT2D eigenvalue weighted by Crippen LogP contribution is 2.37. The van der Waals surface area contributed by atoms with Crippen LogP contribution in [0.5, 0.6) is 0 Å². The molecule has 3 aliphatic heterocycles. The summed E-state index contributed by atoms with van der Waals surface area (Å²) in [5.41, 5.74) is 0.799. The largest absolute Gasteiger partial charge is 0.353 e. The van der Waals surface area contributed by atoms with E-state index in [0.29, 0.717) is 75.3 Å². The number of piperidine rings is 2. The summed E-state index contributed by atoms with van der Waals surface area (Å²) in [4.78, 5) is 52.4. The fourth-order valence-electron chi connectivity index (χ4n) is 7.03. The Kier molecular flexibility index (Phi) is 9.90. The average Bonchev–Trinajstić information content (AvgIpc) is 3.45. The summed E-state index contributed by atoms with van der Waals surface area (Å²) < 4.78 is 5.39. The lowest BCUT2D eigenvalue weighted by Gasteiger charge is -2.51. The number of nitrogens with one attached hydrogen (secondary N) is 1. The first kappa shape index (κ1) is 30.2. The van der Waals surface area contributed by atoms with Crippen molar-refractivity contribution >= 4 is 17.7 Å². The molecule has 5 heterocycles. The van der Waals surface area contributed by atoms with Crippen LogP contribution in [0.25, 0.3) is 11.4 Å². The molecule has 1 N–H and O–H groups in total. The number of hydrogen-bond acceptors (Lipinski definition) is 7. The van der Waals surface area contributed by atoms with Gasteiger partial charge in [-0.05, 0) is 74.3 Å². The molecule has 3 aliphatic rings. The first-order chi connectivity index (χ1) is 20.3. The quantitative estimate of drug-likeness (QED) is 0.544. The van der Waals surface area contributed by atoms with Crippen molar-refractivity contribution in [2.24, 2.45) is 23.7 Å². The van der Waals surface area contributed by atoms with Gasteiger partial charge in [0.1, 0.15) is 0 Å². The summed E-state index contributed by atoms with van der Waals surface area (Å²) in [5.74, 6) is 2.71. The van der Waals surface area contributed by atoms with Crippen LogP contribution in [0.1, 0.15) is 84.4 Å². The topological polar surface area (TPSA) is 122 Å². The van der Waals surface area contributed by atoms with Gasteiger partial charge in [-0.3, -0.25) is 19.4 Å². The van der Waals surface area contributed by atoms with Crippen LogP contribution >= 0.6 is 0 Å². The average molecular weight is 579 g/mol. The van der Waals surface area contributed by atoms with Gasteiger partial charge in [-0.15, -0.1) is 0 Å². The molecular formula is C32H46N6O4. The van der Waals surface area contributed by atoms with E-state index in [0.717, 1.165) is 37.7 Å². The third kappa shape index (κ3) is 7.55. The van der Waals surface area contributed by atoms with Crippen molar-refractivity contribution in [3.8, 4) is 11.4 Å². The summed E-state index contributed by atoms with van der Waals surface area (Å²) in [5, 5.41) is 7.30. The molecule has 0 radical (unpaired) electrons. The Balaban J connectivity index is 1.18. The molecule has 3 amide bonds. The highest BCUT2D eigenvalue weighted by Gasteiger charge is 2.43. The maximum Gasteiger partial charge on any atom is 0.226 e. The number of rotatable bonds is 6. The number of pyridine rings is 1. The number of carbonyl (C=O) groups excluding carboxylic acids is 3. The molecular weight excluding hydrogens is 532 g/mol. The zero-order chi connectivity index (χ0) is 29.6. The van der Waals surface area contributed by atoms with Crippen LogP contribution in [-0.2, 0) is 20.8 Å². The minimum atomic E-state index is 0.0790. The smallest absolute Gasteiger partial charge is 0.226 e. The molecule has 0 aliphatic carbocycles. The zero-order valence-electron chi connectivity index (χ0n) is 25.3. The molecule has 2 aromatic heterocycles. The molecule has 228 valence electrons. The first-order valence-electron chi connectivity index (χ1n) is 15.9. The van der Waals surface area contributed by atoms with Crippen LogP contribution in [0.4, 0.5) is 0 Å². The Bertz CT molecular complexity index is 1220. The third-order valence-electron chi connectivity index (χ3n) is 9.36. The minimum absolute atomic E-state index is 0.0790. The van der Waals surface area contributed by atoms with Crippen molar-refractivity contribution in [1.29, 1.82) is 0 Å². The van der Waals surface area contributed by atoms with Gasteiger partial charge >= 0.3 is 0 Å². The minimum Gasteiger partial charge on any atom is -0.353 e. The summed E-state index contributed by atoms with van der Waals surface area (Å²) in [7, 11) is 0. The molecule has 2 aromatic rings. The lowest BCUT2D eigenvalue weighted by molar-refractivity contribution is -0.146. The summed E-state index contributed by atoms with van der Waals surface area (Å²) >= 11 is 0. The number of likely N-dealkylation sites (tertiary alicyclic amines) is 1. The SMILES string of the molecule is CC(C)[C@@H]1CC[C@@H](C)CC(=O)N2C[C@H]3C[C@H](CN(C(=O)CCCc4nc(-c5cccnc5)no4)C3)[C@@H]2CCCC(=O)N1. The molecule has 10 nitrogen and oxygen atoms in total. The van der Waals surface area contributed by atoms with Gasteiger partial charge in [-0.25, -0.2) is 0 Å². The van der Waals surface area contributed by atoms with Crippen LogP contribution in [-0.4, -0.2) is 74.4 Å². The van der Waals surface area contributed by atoms with Gasteiger partial charge in [-0.1, -0.05) is 25.9 Å². The van der Waals surface area contributed by atoms with Crippen molar-refractivity contribution in [1.82, 2.24) is 30.2 Å². The predicted octanol–water partition coefficient (Wildman–Crippen LogP) is 4.26. The van der Waals surface area contributed by atoms with E-state index in [1.54, 1.807) is 12.4 Å². The van der Waals surface area contributed by atoms with Crippen molar-refractivity contribution in [3.05, 3.63) is 30.4 Å². The van der Waals surface area contributed by atoms with Crippen molar-refractivity contribution in [2.75, 3.05) is 19.6 Å². The second kappa shape index (κ2) is 13.8. The fraction of sp³-hybridized carbons (Fsp3) is 0.688. The van der Waals surface area contributed by atoms with Gasteiger partial charge < -0.3 is 19.6 Å². The van der Waals surface area contributed by atoms with Crippen LogP contribution in [0.2, 0.25) is 0 Å². The van der Waals surface area contributed by atoms with E-state index in [4.69, 9.17) is 4.52 Å². The highest BCUT2D eigenvalue weighted by atomic mass is 16.5. The van der Waals surface area contributed by atoms with Gasteiger partial charge in [-0.2, -0.15) is 4.98 Å². The van der Waals surface area contributed by atoms with Crippen LogP contribution in [0, 0.1) is 23.7 Å². The van der Waals surface area contributed by atoms with Crippen molar-refractivity contribution < 1.29 is 18.9 Å². The molecule has 0 spiro atoms. The monoisotopic (exact) mass is 578 g/mol. The molecule has 0 aromatic carbocycles. The lowest BCUT2D eigenvalue weighted by Crippen LogP contribution is -2.60. The van der Waals surface area contributed by atoms with Crippen LogP contribution < -0.4 is 5.32 Å². The Morgan fingerprint density at radius 3 is 2.81 bits per heavy atom. The highest BCUT2D eigenvalue weighted by molar-refractivity contribution is 5.78. The maximum absolute atomic E-state index is 13.6. The summed E-state index contributed by atoms with van der Waals surface area (Å²) in [6.45, 7) is 8.54. The van der Waals surface area contributed by atoms with Crippen LogP contribution in [0.3, 0.4) is 0 Å². The zero-order valence-corrected chi connectivity index (χ0v) is 25.3. The summed E-state index contributed by atoms with van der Waals surface area (Å²) in [6.07, 6.45) is 10.4. The van der Waals surface area contributed by atoms with Gasteiger partial charge in [0.25, 0.3) is 0 Å². The number of nitrogens with zero attached hydrogens (tertiary/aromatic N) is 5. The van der Waals surface area contributed by atoms with E-state index >= 15 is 0 Å². The van der Waals surface area contributed by atoms with E-state index in [1.807, 2.05) is 17.0 Å². The molecule has 10 heteroatoms. The Labute approximate surface area is 249 Å². The van der Waals surface area contributed by atoms with Gasteiger partial charge in [0.15, 0.2) is 0 Å². The molecule has 42 heavy (non-hydrogen) atoms. The molecule has 2 bridgehead atoms. The van der Waals surface area contributed by atoms with Crippen LogP contribution in [0.15, 0.2) is 29.0 Å². The Hall–Kier alpha value is -3.30. The number of carbonyl (C=O) groups is 3. The van der Waals surface area contributed by atoms with E-state index in [-0.39, 0.29) is 41.6 Å². The molecule has 0 saturated carbocycles. The standard InChI is InChI=1S/C32H46N6O4/c1-21(2)26-13-12-22(3)15-31(41)38-19-23-16-25(27(38)8-4-9-28(39)34-26)20-37(18-23)30(40)11-5-10-29-35-32(36-42-29)24-7-6-14-33-17-24/h6-7,14,17,21-23,25-27H,4-5,8-13,15-16,18-20H2,1-3H3,(H,34,39)/t22-,23+,25-,26+,27+/m1/s1. The van der Waals surface area contributed by atoms with E-state index < -0.39 is 0 Å². The Morgan fingerprint density at radius 1 is 1.17 bits per heavy atom. The van der Waals surface area contributed by atoms with Crippen molar-refractivity contribution in [2.45, 2.75) is 97.1 Å². The second-order valence-electron chi connectivity index (χ2n) is 13.1. The number of fused-ring (bicyclic) bond motifs is 4. The number of amides is 3. The predicted molar refractivity (Wildman–Crippen MR) is 158 cm³/mol. The van der Waals surface area contributed by atoms with Gasteiger partial charge in [0, 0.05) is 75.4 Å². The lowest BCUT2D eigenvalue weighted by atomic mass is 9.77. The van der Waals surface area contributed by atoms with E-state index in [9.17, 15) is 14.4 Å². The number of hydrogen-bond donors (Lipinski definition) is 1. The maximum atomic E-state index is 13.6. The molecule has 5 atom stereocenters. The normalized spacial score (nSPS) is 27.5. The number of aromatic nitrogens is 3. The molecule has 3 fully saturated rings. The molecule has 5 rings (SSSR count). The van der Waals surface area contributed by atoms with E-state index in [1.165, 1.54) is 0 Å². The van der Waals surface area contributed by atoms with Crippen molar-refractivity contribution in [3.63, 3.8) is 0 Å². The Morgan fingerprint density at radius 2 is 2.02 bits per heavy atom. The first-order valence-corrected chi connectivity index (χ1v) is 15.9.